The number of carbonyl (C=O) groups excluding carboxylic acids is 2. The van der Waals surface area contributed by atoms with Crippen LogP contribution in [0, 0.1) is 0 Å². The number of aliphatic carboxylic acids is 1. The van der Waals surface area contributed by atoms with E-state index in [2.05, 4.69) is 0 Å². The summed E-state index contributed by atoms with van der Waals surface area (Å²) in [6, 6.07) is 0. The first kappa shape index (κ1) is 10.2. The van der Waals surface area contributed by atoms with Gasteiger partial charge in [0.15, 0.2) is 5.78 Å². The lowest BCUT2D eigenvalue weighted by Crippen LogP contribution is -2.49. The third kappa shape index (κ3) is 7.36. The van der Waals surface area contributed by atoms with E-state index in [-0.39, 0.29) is 18.7 Å². The van der Waals surface area contributed by atoms with Crippen LogP contribution in [0.25, 0.3) is 0 Å². The molecule has 0 spiro atoms. The summed E-state index contributed by atoms with van der Waals surface area (Å²) >= 11 is 0. The summed E-state index contributed by atoms with van der Waals surface area (Å²) in [4.78, 5) is 22.1. The summed E-state index contributed by atoms with van der Waals surface area (Å²) in [6.07, 6.45) is -3.15. The second kappa shape index (κ2) is 6.60. The number of rotatable bonds is 8. The van der Waals surface area contributed by atoms with Crippen molar-refractivity contribution >= 4 is 11.8 Å². The largest absolute Gasteiger partial charge is 0.550 e. The summed E-state index contributed by atoms with van der Waals surface area (Å²) in [5.41, 5.74) is 0. The fourth-order valence-electron chi connectivity index (χ4n) is 1.36. The Hall–Kier alpha value is -0.940. The van der Waals surface area contributed by atoms with Gasteiger partial charge in [0.1, 0.15) is 19.1 Å². The quantitative estimate of drug-likeness (QED) is 0.543. The lowest BCUT2D eigenvalue weighted by molar-refractivity contribution is -0.885. The molecule has 1 N–H and O–H groups in total. The maximum absolute atomic E-state index is 11.6. The van der Waals surface area contributed by atoms with Gasteiger partial charge in [-0.2, -0.15) is 0 Å². The first-order valence-electron chi connectivity index (χ1n) is 6.64. The zero-order valence-electron chi connectivity index (χ0n) is 12.9. The van der Waals surface area contributed by atoms with E-state index in [1.807, 2.05) is 6.92 Å². The van der Waals surface area contributed by atoms with Gasteiger partial charge in [0.2, 0.25) is 0 Å². The molecule has 0 aliphatic rings. The highest BCUT2D eigenvalue weighted by Crippen LogP contribution is 2.04. The highest BCUT2D eigenvalue weighted by atomic mass is 16.4. The number of carboxylic acids is 1. The maximum atomic E-state index is 11.6. The number of hydrogen-bond donors (Lipinski definition) is 1. The van der Waals surface area contributed by atoms with Gasteiger partial charge in [-0.1, -0.05) is 6.92 Å². The minimum Gasteiger partial charge on any atom is -0.550 e. The molecule has 94 valence electrons. The normalized spacial score (nSPS) is 19.1. The van der Waals surface area contributed by atoms with Gasteiger partial charge in [-0.15, -0.1) is 0 Å². The number of carboxylic acid groups (broad SMARTS) is 1. The van der Waals surface area contributed by atoms with Crippen molar-refractivity contribution in [3.63, 3.8) is 0 Å². The van der Waals surface area contributed by atoms with Gasteiger partial charge < -0.3 is 19.5 Å². The zero-order valence-corrected chi connectivity index (χ0v) is 9.95. The topological polar surface area (TPSA) is 77.4 Å². The number of carbonyl (C=O) groups is 2. The molecule has 0 fully saturated rings. The molecule has 1 atom stereocenters. The van der Waals surface area contributed by atoms with Crippen LogP contribution in [-0.4, -0.2) is 54.6 Å². The van der Waals surface area contributed by atoms with Gasteiger partial charge >= 0.3 is 0 Å². The maximum Gasteiger partial charge on any atom is 0.186 e. The number of quaternary nitrogens is 1. The smallest absolute Gasteiger partial charge is 0.186 e. The Labute approximate surface area is 100 Å². The van der Waals surface area contributed by atoms with Crippen molar-refractivity contribution in [1.82, 2.24) is 0 Å². The Morgan fingerprint density at radius 1 is 1.56 bits per heavy atom. The van der Waals surface area contributed by atoms with Gasteiger partial charge in [-0.3, -0.25) is 4.79 Å². The van der Waals surface area contributed by atoms with E-state index in [1.54, 1.807) is 0 Å². The van der Waals surface area contributed by atoms with E-state index in [0.717, 1.165) is 0 Å². The number of likely N-dealkylation sites (N-methyl/N-ethyl adjacent to an activating group) is 1. The molecule has 0 rings (SSSR count). The van der Waals surface area contributed by atoms with Gasteiger partial charge in [0.25, 0.3) is 0 Å². The summed E-state index contributed by atoms with van der Waals surface area (Å²) < 4.78 is 22.5. The number of Topliss-reactive ketones (excluding diaryl/α,β-unsaturated/α-hetero) is 1. The van der Waals surface area contributed by atoms with Crippen LogP contribution in [0.3, 0.4) is 0 Å². The Bertz CT molecular complexity index is 356. The van der Waals surface area contributed by atoms with Crippen LogP contribution in [0.15, 0.2) is 0 Å². The second-order valence-electron chi connectivity index (χ2n) is 4.24. The van der Waals surface area contributed by atoms with Crippen molar-refractivity contribution in [2.45, 2.75) is 32.3 Å². The van der Waals surface area contributed by atoms with Crippen LogP contribution in [0.4, 0.5) is 0 Å². The number of ketones is 1. The minimum atomic E-state index is -2.87. The fourth-order valence-corrected chi connectivity index (χ4v) is 1.36. The summed E-state index contributed by atoms with van der Waals surface area (Å²) in [6.45, 7) is -1.05. The molecule has 0 aliphatic carbocycles. The van der Waals surface area contributed by atoms with Gasteiger partial charge in [-0.05, 0) is 6.42 Å². The molecule has 0 aromatic carbocycles. The molecular formula is C11H21NO4. The number of aliphatic hydroxyl groups is 1. The molecule has 0 heterocycles. The third-order valence-electron chi connectivity index (χ3n) is 1.84. The monoisotopic (exact) mass is 234 g/mol. The van der Waals surface area contributed by atoms with Gasteiger partial charge in [0.05, 0.1) is 18.2 Å². The number of nitrogens with zero attached hydrogens (tertiary/aromatic N) is 1. The van der Waals surface area contributed by atoms with Crippen molar-refractivity contribution in [2.24, 2.45) is 0 Å². The lowest BCUT2D eigenvalue weighted by atomic mass is 10.2. The van der Waals surface area contributed by atoms with Crippen LogP contribution in [0.1, 0.15) is 30.3 Å². The molecule has 1 unspecified atom stereocenters. The molecule has 0 saturated carbocycles. The average molecular weight is 234 g/mol. The van der Waals surface area contributed by atoms with E-state index < -0.39 is 29.5 Å². The Morgan fingerprint density at radius 2 is 2.12 bits per heavy atom. The van der Waals surface area contributed by atoms with Crippen LogP contribution in [0.2, 0.25) is 0 Å². The van der Waals surface area contributed by atoms with E-state index in [9.17, 15) is 19.8 Å². The molecule has 0 aromatic heterocycles. The standard InChI is InChI=1S/C11H21NO4/c1-4-5-9(13)7-12(2,3)8-10(14)6-11(15)16/h10,14H,4-8H2,1-3H3/i8D2,10D. The Kier molecular flexibility index (Phi) is 4.22. The summed E-state index contributed by atoms with van der Waals surface area (Å²) in [7, 11) is 2.67. The molecule has 0 bridgehead atoms. The van der Waals surface area contributed by atoms with Crippen molar-refractivity contribution in [3.05, 3.63) is 0 Å². The predicted octanol–water partition coefficient (Wildman–Crippen LogP) is -1.07. The van der Waals surface area contributed by atoms with E-state index >= 15 is 0 Å². The van der Waals surface area contributed by atoms with Gasteiger partial charge in [-0.25, -0.2) is 0 Å². The van der Waals surface area contributed by atoms with Crippen molar-refractivity contribution in [1.29, 1.82) is 0 Å². The van der Waals surface area contributed by atoms with Gasteiger partial charge in [0, 0.05) is 18.8 Å². The first-order chi connectivity index (χ1) is 8.37. The number of hydrogen-bond acceptors (Lipinski definition) is 4. The van der Waals surface area contributed by atoms with Crippen LogP contribution < -0.4 is 5.11 Å². The molecule has 5 heteroatoms. The average Bonchev–Trinajstić information content (AvgIpc) is 2.13. The van der Waals surface area contributed by atoms with E-state index in [4.69, 9.17) is 4.11 Å². The molecule has 0 aliphatic heterocycles. The highest BCUT2D eigenvalue weighted by Gasteiger charge is 2.23. The predicted molar refractivity (Wildman–Crippen MR) is 57.4 cm³/mol. The molecule has 0 amide bonds. The fraction of sp³-hybridized carbons (Fsp3) is 0.818. The molecule has 5 nitrogen and oxygen atoms in total. The summed E-state index contributed by atoms with van der Waals surface area (Å²) in [5, 5.41) is 20.2. The lowest BCUT2D eigenvalue weighted by Gasteiger charge is -2.31. The van der Waals surface area contributed by atoms with Crippen LogP contribution in [0.5, 0.6) is 0 Å². The van der Waals surface area contributed by atoms with Crippen molar-refractivity contribution < 1.29 is 28.4 Å². The molecule has 0 aromatic rings. The molecule has 0 saturated heterocycles. The SMILES string of the molecule is [2H]C(O)(CC(=O)[O-])C([2H])([2H])[N+](C)(C)CC(=O)CCC. The Morgan fingerprint density at radius 3 is 2.56 bits per heavy atom. The van der Waals surface area contributed by atoms with Crippen LogP contribution >= 0.6 is 0 Å². The summed E-state index contributed by atoms with van der Waals surface area (Å²) in [5.74, 6) is -1.93. The van der Waals surface area contributed by atoms with E-state index in [1.165, 1.54) is 14.1 Å². The molecule has 16 heavy (non-hydrogen) atoms. The second-order valence-corrected chi connectivity index (χ2v) is 4.24. The molecular weight excluding hydrogens is 210 g/mol. The Balaban J connectivity index is 5.14. The minimum absolute atomic E-state index is 0.208. The van der Waals surface area contributed by atoms with Crippen molar-refractivity contribution in [2.75, 3.05) is 27.1 Å². The first-order valence-corrected chi connectivity index (χ1v) is 5.14. The van der Waals surface area contributed by atoms with E-state index in [0.29, 0.717) is 6.42 Å². The molecule has 0 radical (unpaired) electrons. The highest BCUT2D eigenvalue weighted by molar-refractivity contribution is 5.79. The van der Waals surface area contributed by atoms with Crippen LogP contribution in [-0.2, 0) is 9.59 Å². The zero-order chi connectivity index (χ0) is 15.5. The third-order valence-corrected chi connectivity index (χ3v) is 1.84. The van der Waals surface area contributed by atoms with Crippen molar-refractivity contribution in [3.8, 4) is 0 Å².